The summed E-state index contributed by atoms with van der Waals surface area (Å²) >= 11 is 0. The van der Waals surface area contributed by atoms with Gasteiger partial charge in [0.05, 0.1) is 12.4 Å². The minimum absolute atomic E-state index is 0.214. The van der Waals surface area contributed by atoms with E-state index in [4.69, 9.17) is 0 Å². The fourth-order valence-electron chi connectivity index (χ4n) is 0.371. The molecule has 0 aromatic carbocycles. The smallest absolute Gasteiger partial charge is 0.0833 e. The Morgan fingerprint density at radius 1 is 1.40 bits per heavy atom. The normalized spacial score (nSPS) is 14.0. The lowest BCUT2D eigenvalue weighted by Gasteiger charge is -2.03. The van der Waals surface area contributed by atoms with Crippen LogP contribution in [-0.2, 0) is 0 Å². The summed E-state index contributed by atoms with van der Waals surface area (Å²) in [5.41, 5.74) is 0. The van der Waals surface area contributed by atoms with Crippen LogP contribution in [0.1, 0.15) is 20.8 Å². The molecule has 1 atom stereocenters. The minimum atomic E-state index is 0.214. The predicted molar refractivity (Wildman–Crippen MR) is 46.4 cm³/mol. The third kappa shape index (κ3) is 5.35. The summed E-state index contributed by atoms with van der Waals surface area (Å²) in [5, 5.41) is 3.07. The molecule has 0 aromatic heterocycles. The molecule has 0 aliphatic rings. The molecular weight excluding hydrogens is 124 g/mol. The molecule has 2 nitrogen and oxygen atoms in total. The average molecular weight is 140 g/mol. The second-order valence-electron chi connectivity index (χ2n) is 2.58. The average Bonchev–Trinajstić information content (AvgIpc) is 1.87. The van der Waals surface area contributed by atoms with E-state index in [1.807, 2.05) is 6.92 Å². The maximum Gasteiger partial charge on any atom is 0.0833 e. The second kappa shape index (κ2) is 5.03. The summed E-state index contributed by atoms with van der Waals surface area (Å²) in [4.78, 5) is 4.13. The van der Waals surface area contributed by atoms with Gasteiger partial charge in [-0.25, -0.2) is 0 Å². The first kappa shape index (κ1) is 9.21. The summed E-state index contributed by atoms with van der Waals surface area (Å²) in [6, 6.07) is 0.673. The lowest BCUT2D eigenvalue weighted by atomic mass is 10.4. The van der Waals surface area contributed by atoms with Crippen LogP contribution in [0.3, 0.4) is 0 Å². The van der Waals surface area contributed by atoms with Gasteiger partial charge in [-0.05, 0) is 20.8 Å². The van der Waals surface area contributed by atoms with Gasteiger partial charge in [0, 0.05) is 6.04 Å². The number of nitrogens with zero attached hydrogens (tertiary/aromatic N) is 1. The third-order valence-electron chi connectivity index (χ3n) is 1.06. The SMILES string of the molecule is C=CC(C)/N=C\NC(C)C. The Morgan fingerprint density at radius 3 is 2.40 bits per heavy atom. The topological polar surface area (TPSA) is 24.4 Å². The van der Waals surface area contributed by atoms with Crippen molar-refractivity contribution in [2.75, 3.05) is 0 Å². The lowest BCUT2D eigenvalue weighted by molar-refractivity contribution is 0.737. The number of aliphatic imine (C=N–C) groups is 1. The van der Waals surface area contributed by atoms with Crippen molar-refractivity contribution in [1.82, 2.24) is 5.32 Å². The molecular formula is C8H16N2. The standard InChI is InChI=1S/C8H16N2/c1-5-8(4)10-6-9-7(2)3/h5-8H,1H2,2-4H3,(H,9,10). The molecule has 0 aromatic rings. The van der Waals surface area contributed by atoms with Gasteiger partial charge in [0.1, 0.15) is 0 Å². The Morgan fingerprint density at radius 2 is 2.00 bits per heavy atom. The quantitative estimate of drug-likeness (QED) is 0.358. The molecule has 2 heteroatoms. The number of hydrogen-bond donors (Lipinski definition) is 1. The van der Waals surface area contributed by atoms with Crippen molar-refractivity contribution in [3.8, 4) is 0 Å². The van der Waals surface area contributed by atoms with Crippen LogP contribution in [0.4, 0.5) is 0 Å². The van der Waals surface area contributed by atoms with E-state index in [0.29, 0.717) is 6.04 Å². The summed E-state index contributed by atoms with van der Waals surface area (Å²) in [6.07, 6.45) is 3.54. The Hall–Kier alpha value is -0.790. The zero-order chi connectivity index (χ0) is 7.98. The maximum absolute atomic E-state index is 4.13. The number of hydrogen-bond acceptors (Lipinski definition) is 1. The first-order valence-corrected chi connectivity index (χ1v) is 3.57. The van der Waals surface area contributed by atoms with E-state index in [1.165, 1.54) is 0 Å². The first-order chi connectivity index (χ1) is 4.66. The molecule has 0 rings (SSSR count). The van der Waals surface area contributed by atoms with Crippen LogP contribution in [0, 0.1) is 0 Å². The third-order valence-corrected chi connectivity index (χ3v) is 1.06. The Balaban J connectivity index is 3.45. The summed E-state index contributed by atoms with van der Waals surface area (Å²) in [7, 11) is 0. The van der Waals surface area contributed by atoms with E-state index in [-0.39, 0.29) is 6.04 Å². The van der Waals surface area contributed by atoms with Gasteiger partial charge in [-0.15, -0.1) is 6.58 Å². The van der Waals surface area contributed by atoms with Crippen LogP contribution in [-0.4, -0.2) is 18.4 Å². The van der Waals surface area contributed by atoms with Crippen molar-refractivity contribution in [2.24, 2.45) is 4.99 Å². The molecule has 0 spiro atoms. The Kier molecular flexibility index (Phi) is 4.63. The van der Waals surface area contributed by atoms with Gasteiger partial charge in [-0.3, -0.25) is 4.99 Å². The zero-order valence-electron chi connectivity index (χ0n) is 6.96. The van der Waals surface area contributed by atoms with Gasteiger partial charge in [0.15, 0.2) is 0 Å². The molecule has 1 unspecified atom stereocenters. The van der Waals surface area contributed by atoms with Crippen LogP contribution in [0.5, 0.6) is 0 Å². The van der Waals surface area contributed by atoms with Crippen LogP contribution in [0.25, 0.3) is 0 Å². The fourth-order valence-corrected chi connectivity index (χ4v) is 0.371. The van der Waals surface area contributed by atoms with Gasteiger partial charge in [-0.2, -0.15) is 0 Å². The highest BCUT2D eigenvalue weighted by Gasteiger charge is 1.87. The van der Waals surface area contributed by atoms with Crippen molar-refractivity contribution in [2.45, 2.75) is 32.9 Å². The monoisotopic (exact) mass is 140 g/mol. The largest absolute Gasteiger partial charge is 0.374 e. The van der Waals surface area contributed by atoms with Crippen molar-refractivity contribution < 1.29 is 0 Å². The highest BCUT2D eigenvalue weighted by Crippen LogP contribution is 1.86. The van der Waals surface area contributed by atoms with E-state index < -0.39 is 0 Å². The Bertz CT molecular complexity index is 116. The van der Waals surface area contributed by atoms with Crippen molar-refractivity contribution in [3.63, 3.8) is 0 Å². The summed E-state index contributed by atoms with van der Waals surface area (Å²) in [5.74, 6) is 0. The second-order valence-corrected chi connectivity index (χ2v) is 2.58. The van der Waals surface area contributed by atoms with Gasteiger partial charge in [0.25, 0.3) is 0 Å². The summed E-state index contributed by atoms with van der Waals surface area (Å²) < 4.78 is 0. The molecule has 1 N–H and O–H groups in total. The van der Waals surface area contributed by atoms with Gasteiger partial charge in [0.2, 0.25) is 0 Å². The van der Waals surface area contributed by atoms with E-state index in [1.54, 1.807) is 12.4 Å². The van der Waals surface area contributed by atoms with Gasteiger partial charge < -0.3 is 5.32 Å². The molecule has 0 radical (unpaired) electrons. The Labute approximate surface area is 63.0 Å². The molecule has 0 aliphatic carbocycles. The van der Waals surface area contributed by atoms with Gasteiger partial charge in [-0.1, -0.05) is 6.08 Å². The van der Waals surface area contributed by atoms with Crippen molar-refractivity contribution in [1.29, 1.82) is 0 Å². The van der Waals surface area contributed by atoms with E-state index in [9.17, 15) is 0 Å². The maximum atomic E-state index is 4.13. The fraction of sp³-hybridized carbons (Fsp3) is 0.625. The van der Waals surface area contributed by atoms with E-state index in [2.05, 4.69) is 30.7 Å². The van der Waals surface area contributed by atoms with E-state index >= 15 is 0 Å². The molecule has 0 aliphatic heterocycles. The van der Waals surface area contributed by atoms with Crippen LogP contribution in [0.2, 0.25) is 0 Å². The first-order valence-electron chi connectivity index (χ1n) is 3.57. The molecule has 0 saturated carbocycles. The highest BCUT2D eigenvalue weighted by atomic mass is 15.0. The molecule has 0 fully saturated rings. The van der Waals surface area contributed by atoms with Crippen molar-refractivity contribution >= 4 is 6.34 Å². The highest BCUT2D eigenvalue weighted by molar-refractivity contribution is 5.55. The minimum Gasteiger partial charge on any atom is -0.374 e. The zero-order valence-corrected chi connectivity index (χ0v) is 6.96. The lowest BCUT2D eigenvalue weighted by Crippen LogP contribution is -2.21. The van der Waals surface area contributed by atoms with Crippen LogP contribution in [0.15, 0.2) is 17.6 Å². The molecule has 0 saturated heterocycles. The molecule has 10 heavy (non-hydrogen) atoms. The summed E-state index contributed by atoms with van der Waals surface area (Å²) in [6.45, 7) is 9.76. The molecule has 0 bridgehead atoms. The predicted octanol–water partition coefficient (Wildman–Crippen LogP) is 1.59. The number of rotatable bonds is 4. The van der Waals surface area contributed by atoms with Crippen LogP contribution < -0.4 is 5.32 Å². The van der Waals surface area contributed by atoms with Crippen LogP contribution >= 0.6 is 0 Å². The molecule has 58 valence electrons. The van der Waals surface area contributed by atoms with Crippen molar-refractivity contribution in [3.05, 3.63) is 12.7 Å². The molecule has 0 heterocycles. The van der Waals surface area contributed by atoms with E-state index in [0.717, 1.165) is 0 Å². The number of nitrogens with one attached hydrogen (secondary N) is 1. The van der Waals surface area contributed by atoms with Gasteiger partial charge >= 0.3 is 0 Å². The molecule has 0 amide bonds.